The minimum atomic E-state index is 0.110. The van der Waals surface area contributed by atoms with Gasteiger partial charge in [-0.15, -0.1) is 11.3 Å². The number of thiazole rings is 1. The Kier molecular flexibility index (Phi) is 3.89. The summed E-state index contributed by atoms with van der Waals surface area (Å²) in [5, 5.41) is 3.62. The topological polar surface area (TPSA) is 42.0 Å². The molecule has 2 aromatic rings. The second-order valence-corrected chi connectivity index (χ2v) is 7.18. The molecule has 3 rings (SSSR count). The van der Waals surface area contributed by atoms with Crippen molar-refractivity contribution in [1.29, 1.82) is 0 Å². The summed E-state index contributed by atoms with van der Waals surface area (Å²) in [5.41, 5.74) is 1.23. The lowest BCUT2D eigenvalue weighted by atomic mass is 10.1. The maximum Gasteiger partial charge on any atom is 0.229 e. The number of hydrogen-bond acceptors (Lipinski definition) is 3. The first-order chi connectivity index (χ1) is 9.63. The molecule has 1 aromatic heterocycles. The van der Waals surface area contributed by atoms with Crippen LogP contribution in [0.4, 0.5) is 5.13 Å². The predicted octanol–water partition coefficient (Wildman–Crippen LogP) is 4.09. The van der Waals surface area contributed by atoms with Crippen LogP contribution in [0, 0.1) is 11.8 Å². The van der Waals surface area contributed by atoms with Gasteiger partial charge in [0.15, 0.2) is 5.13 Å². The first-order valence-corrected chi connectivity index (χ1v) is 8.23. The fourth-order valence-corrected chi connectivity index (χ4v) is 3.43. The van der Waals surface area contributed by atoms with E-state index >= 15 is 0 Å². The van der Waals surface area contributed by atoms with Gasteiger partial charge in [-0.3, -0.25) is 4.79 Å². The van der Waals surface area contributed by atoms with Crippen LogP contribution in [0.25, 0.3) is 0 Å². The normalized spacial score (nSPS) is 20.7. The van der Waals surface area contributed by atoms with Gasteiger partial charge < -0.3 is 5.32 Å². The van der Waals surface area contributed by atoms with Gasteiger partial charge >= 0.3 is 0 Å². The molecule has 0 aliphatic heterocycles. The Bertz CT molecular complexity index is 640. The monoisotopic (exact) mass is 350 g/mol. The van der Waals surface area contributed by atoms with E-state index in [9.17, 15) is 4.79 Å². The third kappa shape index (κ3) is 3.10. The maximum atomic E-state index is 11.9. The van der Waals surface area contributed by atoms with Crippen LogP contribution in [0.15, 0.2) is 34.9 Å². The fraction of sp³-hybridized carbons (Fsp3) is 0.333. The molecule has 0 bridgehead atoms. The van der Waals surface area contributed by atoms with E-state index in [0.29, 0.717) is 11.0 Å². The molecule has 0 saturated heterocycles. The average molecular weight is 351 g/mol. The highest BCUT2D eigenvalue weighted by atomic mass is 79.9. The summed E-state index contributed by atoms with van der Waals surface area (Å²) in [5.74, 6) is 0.819. The molecular formula is C15H15BrN2OS. The van der Waals surface area contributed by atoms with Gasteiger partial charge in [-0.05, 0) is 24.0 Å². The van der Waals surface area contributed by atoms with Gasteiger partial charge in [0, 0.05) is 27.9 Å². The minimum Gasteiger partial charge on any atom is -0.302 e. The van der Waals surface area contributed by atoms with E-state index in [4.69, 9.17) is 0 Å². The molecule has 1 saturated carbocycles. The molecule has 1 fully saturated rings. The molecule has 5 heteroatoms. The predicted molar refractivity (Wildman–Crippen MR) is 85.0 cm³/mol. The van der Waals surface area contributed by atoms with Crippen LogP contribution >= 0.6 is 27.3 Å². The van der Waals surface area contributed by atoms with Crippen LogP contribution in [0.2, 0.25) is 0 Å². The molecule has 1 amide bonds. The number of benzene rings is 1. The first kappa shape index (κ1) is 13.8. The van der Waals surface area contributed by atoms with Crippen LogP contribution in [0.1, 0.15) is 23.8 Å². The van der Waals surface area contributed by atoms with Crippen LogP contribution < -0.4 is 5.32 Å². The van der Waals surface area contributed by atoms with Gasteiger partial charge in [-0.2, -0.15) is 0 Å². The molecule has 1 aliphatic carbocycles. The Morgan fingerprint density at radius 3 is 2.95 bits per heavy atom. The minimum absolute atomic E-state index is 0.110. The van der Waals surface area contributed by atoms with Crippen molar-refractivity contribution in [3.8, 4) is 0 Å². The average Bonchev–Trinajstić information content (AvgIpc) is 3.00. The van der Waals surface area contributed by atoms with Crippen molar-refractivity contribution >= 4 is 38.3 Å². The highest BCUT2D eigenvalue weighted by Crippen LogP contribution is 2.38. The molecule has 1 aromatic carbocycles. The van der Waals surface area contributed by atoms with Gasteiger partial charge in [0.1, 0.15) is 0 Å². The van der Waals surface area contributed by atoms with Crippen molar-refractivity contribution in [2.45, 2.75) is 19.8 Å². The molecule has 1 N–H and O–H groups in total. The van der Waals surface area contributed by atoms with Crippen LogP contribution in [-0.2, 0) is 11.2 Å². The number of nitrogens with zero attached hydrogens (tertiary/aromatic N) is 1. The van der Waals surface area contributed by atoms with Gasteiger partial charge in [0.25, 0.3) is 0 Å². The zero-order valence-corrected chi connectivity index (χ0v) is 13.5. The van der Waals surface area contributed by atoms with Crippen molar-refractivity contribution < 1.29 is 4.79 Å². The molecule has 0 unspecified atom stereocenters. The molecular weight excluding hydrogens is 336 g/mol. The van der Waals surface area contributed by atoms with Gasteiger partial charge in [0.2, 0.25) is 5.91 Å². The van der Waals surface area contributed by atoms with E-state index < -0.39 is 0 Å². The number of nitrogens with one attached hydrogen (secondary N) is 1. The summed E-state index contributed by atoms with van der Waals surface area (Å²) in [6, 6.07) is 8.16. The number of rotatable bonds is 4. The molecule has 1 aliphatic rings. The molecule has 2 atom stereocenters. The standard InChI is InChI=1S/C15H15BrN2OS/c1-9-6-12(9)14(19)18-15-17-8-11(20-15)7-10-4-2-3-5-13(10)16/h2-5,8-9,12H,6-7H2,1H3,(H,17,18,19)/t9-,12-/m1/s1. The highest BCUT2D eigenvalue weighted by Gasteiger charge is 2.39. The van der Waals surface area contributed by atoms with Crippen LogP contribution in [0.3, 0.4) is 0 Å². The second-order valence-electron chi connectivity index (χ2n) is 5.21. The molecule has 0 spiro atoms. The Hall–Kier alpha value is -1.20. The lowest BCUT2D eigenvalue weighted by molar-refractivity contribution is -0.117. The molecule has 3 nitrogen and oxygen atoms in total. The summed E-state index contributed by atoms with van der Waals surface area (Å²) in [6.07, 6.45) is 3.67. The Labute approximate surface area is 130 Å². The van der Waals surface area contributed by atoms with E-state index in [1.54, 1.807) is 11.3 Å². The van der Waals surface area contributed by atoms with E-state index in [-0.39, 0.29) is 11.8 Å². The highest BCUT2D eigenvalue weighted by molar-refractivity contribution is 9.10. The Morgan fingerprint density at radius 1 is 1.50 bits per heavy atom. The summed E-state index contributed by atoms with van der Waals surface area (Å²) in [6.45, 7) is 2.10. The zero-order valence-electron chi connectivity index (χ0n) is 11.1. The number of halogens is 1. The quantitative estimate of drug-likeness (QED) is 0.902. The lowest BCUT2D eigenvalue weighted by Gasteiger charge is -2.01. The Balaban J connectivity index is 1.65. The van der Waals surface area contributed by atoms with Crippen LogP contribution in [-0.4, -0.2) is 10.9 Å². The molecule has 0 radical (unpaired) electrons. The third-order valence-corrected chi connectivity index (χ3v) is 5.24. The number of amides is 1. The van der Waals surface area contributed by atoms with Gasteiger partial charge in [-0.25, -0.2) is 4.98 Å². The molecule has 1 heterocycles. The second kappa shape index (κ2) is 5.66. The zero-order chi connectivity index (χ0) is 14.1. The van der Waals surface area contributed by atoms with E-state index in [1.165, 1.54) is 5.56 Å². The van der Waals surface area contributed by atoms with Crippen molar-refractivity contribution in [2.24, 2.45) is 11.8 Å². The number of carbonyl (C=O) groups excluding carboxylic acids is 1. The van der Waals surface area contributed by atoms with E-state index in [0.717, 1.165) is 22.2 Å². The smallest absolute Gasteiger partial charge is 0.229 e. The van der Waals surface area contributed by atoms with Crippen LogP contribution in [0.5, 0.6) is 0 Å². The largest absolute Gasteiger partial charge is 0.302 e. The Morgan fingerprint density at radius 2 is 2.25 bits per heavy atom. The SMILES string of the molecule is C[C@@H]1C[C@H]1C(=O)Nc1ncc(Cc2ccccc2Br)s1. The fourth-order valence-electron chi connectivity index (χ4n) is 2.16. The summed E-state index contributed by atoms with van der Waals surface area (Å²) < 4.78 is 1.10. The van der Waals surface area contributed by atoms with Crippen molar-refractivity contribution in [1.82, 2.24) is 4.98 Å². The third-order valence-electron chi connectivity index (χ3n) is 3.55. The number of anilines is 1. The van der Waals surface area contributed by atoms with Crippen molar-refractivity contribution in [3.05, 3.63) is 45.4 Å². The summed E-state index contributed by atoms with van der Waals surface area (Å²) in [7, 11) is 0. The first-order valence-electron chi connectivity index (χ1n) is 6.62. The van der Waals surface area contributed by atoms with E-state index in [1.807, 2.05) is 24.4 Å². The molecule has 104 valence electrons. The number of aromatic nitrogens is 1. The lowest BCUT2D eigenvalue weighted by Crippen LogP contribution is -2.13. The van der Waals surface area contributed by atoms with Crippen molar-refractivity contribution in [2.75, 3.05) is 5.32 Å². The van der Waals surface area contributed by atoms with E-state index in [2.05, 4.69) is 39.2 Å². The maximum absolute atomic E-state index is 11.9. The summed E-state index contributed by atoms with van der Waals surface area (Å²) in [4.78, 5) is 17.3. The summed E-state index contributed by atoms with van der Waals surface area (Å²) >= 11 is 5.10. The van der Waals surface area contributed by atoms with Gasteiger partial charge in [0.05, 0.1) is 0 Å². The van der Waals surface area contributed by atoms with Gasteiger partial charge in [-0.1, -0.05) is 41.1 Å². The number of hydrogen-bond donors (Lipinski definition) is 1. The van der Waals surface area contributed by atoms with Crippen molar-refractivity contribution in [3.63, 3.8) is 0 Å². The molecule has 20 heavy (non-hydrogen) atoms. The number of carbonyl (C=O) groups is 1.